The molecule has 248 valence electrons. The van der Waals surface area contributed by atoms with Gasteiger partial charge in [0.1, 0.15) is 12.3 Å². The van der Waals surface area contributed by atoms with E-state index in [-0.39, 0.29) is 24.0 Å². The third-order valence-corrected chi connectivity index (χ3v) is 9.68. The molecule has 1 aromatic carbocycles. The summed E-state index contributed by atoms with van der Waals surface area (Å²) in [6, 6.07) is 9.00. The van der Waals surface area contributed by atoms with Crippen LogP contribution in [-0.4, -0.2) is 82.8 Å². The van der Waals surface area contributed by atoms with Crippen LogP contribution in [0.15, 0.2) is 42.7 Å². The smallest absolute Gasteiger partial charge is 0.252 e. The third-order valence-electron chi connectivity index (χ3n) is 9.68. The summed E-state index contributed by atoms with van der Waals surface area (Å²) < 4.78 is 2.13. The quantitative estimate of drug-likeness (QED) is 0.181. The number of aldehydes is 2. The summed E-state index contributed by atoms with van der Waals surface area (Å²) in [6.45, 7) is 2.94. The second-order valence-electron chi connectivity index (χ2n) is 13.3. The molecule has 0 spiro atoms. The number of amides is 2. The Labute approximate surface area is 274 Å². The van der Waals surface area contributed by atoms with Gasteiger partial charge in [-0.1, -0.05) is 0 Å². The molecule has 3 fully saturated rings. The van der Waals surface area contributed by atoms with Gasteiger partial charge in [0.25, 0.3) is 5.91 Å². The second-order valence-corrected chi connectivity index (χ2v) is 13.3. The van der Waals surface area contributed by atoms with E-state index >= 15 is 0 Å². The number of aromatic nitrogens is 3. The Morgan fingerprint density at radius 3 is 2.49 bits per heavy atom. The van der Waals surface area contributed by atoms with Gasteiger partial charge in [-0.15, -0.1) is 0 Å². The fourth-order valence-electron chi connectivity index (χ4n) is 6.54. The van der Waals surface area contributed by atoms with Gasteiger partial charge < -0.3 is 31.4 Å². The summed E-state index contributed by atoms with van der Waals surface area (Å²) in [7, 11) is 2.17. The Balaban J connectivity index is 1.04. The van der Waals surface area contributed by atoms with Gasteiger partial charge in [0.15, 0.2) is 6.29 Å². The lowest BCUT2D eigenvalue weighted by Gasteiger charge is -2.35. The number of benzene rings is 1. The highest BCUT2D eigenvalue weighted by molar-refractivity contribution is 6.03. The van der Waals surface area contributed by atoms with Crippen LogP contribution in [0.5, 0.6) is 0 Å². The van der Waals surface area contributed by atoms with Crippen LogP contribution in [0, 0.1) is 5.92 Å². The van der Waals surface area contributed by atoms with E-state index in [4.69, 9.17) is 15.8 Å². The number of hydrogen-bond acceptors (Lipinski definition) is 9. The van der Waals surface area contributed by atoms with Crippen LogP contribution in [0.3, 0.4) is 0 Å². The molecule has 1 saturated heterocycles. The highest BCUT2D eigenvalue weighted by Crippen LogP contribution is 2.45. The van der Waals surface area contributed by atoms with Crippen molar-refractivity contribution in [2.75, 3.05) is 37.3 Å². The Bertz CT molecular complexity index is 1590. The fourth-order valence-corrected chi connectivity index (χ4v) is 6.54. The number of carbonyl (C=O) groups is 4. The Hall–Kier alpha value is -4.58. The maximum absolute atomic E-state index is 12.9. The van der Waals surface area contributed by atoms with Gasteiger partial charge in [-0.05, 0) is 101 Å². The van der Waals surface area contributed by atoms with Crippen molar-refractivity contribution in [1.29, 1.82) is 0 Å². The number of nitrogens with one attached hydrogen (secondary N) is 3. The van der Waals surface area contributed by atoms with Crippen molar-refractivity contribution in [1.82, 2.24) is 25.0 Å². The summed E-state index contributed by atoms with van der Waals surface area (Å²) in [4.78, 5) is 54.3. The molecule has 47 heavy (non-hydrogen) atoms. The van der Waals surface area contributed by atoms with Crippen molar-refractivity contribution >= 4 is 35.8 Å². The van der Waals surface area contributed by atoms with E-state index < -0.39 is 17.9 Å². The number of hydrogen-bond donors (Lipinski definition) is 4. The zero-order chi connectivity index (χ0) is 32.9. The van der Waals surface area contributed by atoms with Crippen molar-refractivity contribution in [3.63, 3.8) is 0 Å². The summed E-state index contributed by atoms with van der Waals surface area (Å²) >= 11 is 0. The van der Waals surface area contributed by atoms with Crippen LogP contribution >= 0.6 is 0 Å². The zero-order valence-corrected chi connectivity index (χ0v) is 26.9. The molecule has 1 unspecified atom stereocenters. The van der Waals surface area contributed by atoms with Crippen LogP contribution in [0.25, 0.3) is 11.3 Å². The Kier molecular flexibility index (Phi) is 9.95. The first-order chi connectivity index (χ1) is 22.8. The number of likely N-dealkylation sites (tertiary alicyclic amines) is 1. The van der Waals surface area contributed by atoms with Crippen LogP contribution in [0.2, 0.25) is 0 Å². The molecule has 3 aliphatic rings. The molecule has 2 aliphatic carbocycles. The lowest BCUT2D eigenvalue weighted by molar-refractivity contribution is -0.120. The first kappa shape index (κ1) is 32.4. The predicted molar refractivity (Wildman–Crippen MR) is 179 cm³/mol. The van der Waals surface area contributed by atoms with E-state index in [2.05, 4.69) is 50.9 Å². The first-order valence-corrected chi connectivity index (χ1v) is 16.7. The van der Waals surface area contributed by atoms with Crippen molar-refractivity contribution in [2.24, 2.45) is 11.7 Å². The first-order valence-electron chi connectivity index (χ1n) is 16.7. The summed E-state index contributed by atoms with van der Waals surface area (Å²) in [6.07, 6.45) is 12.1. The van der Waals surface area contributed by atoms with Crippen molar-refractivity contribution in [2.45, 2.75) is 75.4 Å². The number of nitrogens with two attached hydrogens (primary N) is 1. The van der Waals surface area contributed by atoms with E-state index in [1.165, 1.54) is 12.8 Å². The van der Waals surface area contributed by atoms with E-state index in [9.17, 15) is 19.2 Å². The van der Waals surface area contributed by atoms with Crippen LogP contribution in [-0.2, 0) is 9.59 Å². The molecule has 5 N–H and O–H groups in total. The molecule has 2 aromatic heterocycles. The van der Waals surface area contributed by atoms with Gasteiger partial charge >= 0.3 is 0 Å². The molecule has 2 amide bonds. The van der Waals surface area contributed by atoms with Gasteiger partial charge in [0.05, 0.1) is 34.9 Å². The molecule has 3 heterocycles. The Morgan fingerprint density at radius 1 is 1.06 bits per heavy atom. The monoisotopic (exact) mass is 640 g/mol. The zero-order valence-electron chi connectivity index (χ0n) is 26.9. The van der Waals surface area contributed by atoms with E-state index in [0.29, 0.717) is 48.7 Å². The highest BCUT2D eigenvalue weighted by Gasteiger charge is 2.35. The second kappa shape index (κ2) is 14.5. The van der Waals surface area contributed by atoms with Gasteiger partial charge in [0.2, 0.25) is 5.91 Å². The number of primary amides is 1. The number of rotatable bonds is 15. The lowest BCUT2D eigenvalue weighted by atomic mass is 9.80. The van der Waals surface area contributed by atoms with Gasteiger partial charge in [-0.25, -0.2) is 0 Å². The predicted octanol–water partition coefficient (Wildman–Crippen LogP) is 3.77. The maximum atomic E-state index is 12.9. The maximum Gasteiger partial charge on any atom is 0.252 e. The molecule has 1 aliphatic heterocycles. The standard InChI is InChI=1S/C35H44N8O4/c1-42-12-10-25(11-13-42)39-27-8-9-31(38-19-27)30-20-43(41-33(30)23-4-5-23)28-15-22(16-28)18-37-26-7-6-24(21-45)29(17-26)35(47)40-32(34(36)46)3-2-14-44/h6-9,14,17,19-23,25,28,32,37,39H,2-5,10-13,15-16,18H2,1H3,(H2,36,46)(H,40,47). The summed E-state index contributed by atoms with van der Waals surface area (Å²) in [5, 5.41) is 14.7. The van der Waals surface area contributed by atoms with E-state index in [0.717, 1.165) is 61.4 Å². The fraction of sp³-hybridized carbons (Fsp3) is 0.486. The molecule has 12 heteroatoms. The molecule has 6 rings (SSSR count). The van der Waals surface area contributed by atoms with Crippen molar-refractivity contribution in [3.05, 3.63) is 59.5 Å². The van der Waals surface area contributed by atoms with E-state index in [1.54, 1.807) is 18.2 Å². The van der Waals surface area contributed by atoms with Crippen LogP contribution in [0.1, 0.15) is 89.7 Å². The SMILES string of the molecule is CN1CCC(Nc2ccc(-c3cn(C4CC(CNc5ccc(C=O)c(C(=O)NC(CCC=O)C(N)=O)c5)C4)nc3C3CC3)nc2)CC1. The molecule has 0 bridgehead atoms. The average molecular weight is 641 g/mol. The molecule has 12 nitrogen and oxygen atoms in total. The summed E-state index contributed by atoms with van der Waals surface area (Å²) in [5.41, 5.74) is 10.8. The minimum atomic E-state index is -1.000. The van der Waals surface area contributed by atoms with Gasteiger partial charge in [-0.3, -0.25) is 24.0 Å². The van der Waals surface area contributed by atoms with Gasteiger partial charge in [0, 0.05) is 47.9 Å². The number of carbonyl (C=O) groups excluding carboxylic acids is 4. The lowest BCUT2D eigenvalue weighted by Crippen LogP contribution is -2.44. The number of piperidine rings is 1. The molecular formula is C35H44N8O4. The number of nitrogens with zero attached hydrogens (tertiary/aromatic N) is 4. The minimum absolute atomic E-state index is 0.0840. The Morgan fingerprint density at radius 2 is 1.83 bits per heavy atom. The van der Waals surface area contributed by atoms with Crippen LogP contribution < -0.4 is 21.7 Å². The third kappa shape index (κ3) is 7.87. The number of pyridine rings is 1. The molecular weight excluding hydrogens is 596 g/mol. The largest absolute Gasteiger partial charge is 0.385 e. The van der Waals surface area contributed by atoms with Crippen molar-refractivity contribution < 1.29 is 19.2 Å². The molecule has 2 saturated carbocycles. The van der Waals surface area contributed by atoms with Gasteiger partial charge in [-0.2, -0.15) is 5.10 Å². The summed E-state index contributed by atoms with van der Waals surface area (Å²) in [5.74, 6) is -0.398. The van der Waals surface area contributed by atoms with E-state index in [1.807, 2.05) is 6.20 Å². The topological polar surface area (TPSA) is 164 Å². The molecule has 3 aromatic rings. The average Bonchev–Trinajstić information content (AvgIpc) is 3.82. The highest BCUT2D eigenvalue weighted by atomic mass is 16.2. The van der Waals surface area contributed by atoms with Crippen LogP contribution in [0.4, 0.5) is 11.4 Å². The molecule has 0 radical (unpaired) electrons. The minimum Gasteiger partial charge on any atom is -0.385 e. The van der Waals surface area contributed by atoms with Crippen molar-refractivity contribution in [3.8, 4) is 11.3 Å². The number of anilines is 2. The molecule has 1 atom stereocenters. The normalized spacial score (nSPS) is 20.5.